The molecule has 134 valence electrons. The van der Waals surface area contributed by atoms with Gasteiger partial charge < -0.3 is 10.1 Å². The van der Waals surface area contributed by atoms with E-state index in [0.717, 1.165) is 16.9 Å². The molecule has 0 spiro atoms. The van der Waals surface area contributed by atoms with E-state index in [1.54, 1.807) is 23.0 Å². The normalized spacial score (nSPS) is 10.6. The number of carbonyl (C=O) groups excluding carboxylic acids is 1. The van der Waals surface area contributed by atoms with Gasteiger partial charge in [-0.25, -0.2) is 4.68 Å². The zero-order chi connectivity index (χ0) is 18.7. The predicted molar refractivity (Wildman–Crippen MR) is 99.0 cm³/mol. The molecule has 7 heteroatoms. The van der Waals surface area contributed by atoms with Crippen molar-refractivity contribution in [2.24, 2.45) is 0 Å². The van der Waals surface area contributed by atoms with Gasteiger partial charge in [0.15, 0.2) is 5.82 Å². The Morgan fingerprint density at radius 3 is 2.58 bits per heavy atom. The van der Waals surface area contributed by atoms with Crippen LogP contribution in [0.4, 0.5) is 5.69 Å². The summed E-state index contributed by atoms with van der Waals surface area (Å²) in [6.07, 6.45) is 2.19. The van der Waals surface area contributed by atoms with Gasteiger partial charge in [-0.15, -0.1) is 10.2 Å². The number of hydrogen-bond donors (Lipinski definition) is 1. The first-order chi connectivity index (χ1) is 12.5. The molecular formula is C19H21N5O2. The van der Waals surface area contributed by atoms with Crippen molar-refractivity contribution in [2.45, 2.75) is 27.2 Å². The average Bonchev–Trinajstić information content (AvgIpc) is 3.09. The van der Waals surface area contributed by atoms with Crippen molar-refractivity contribution < 1.29 is 9.53 Å². The van der Waals surface area contributed by atoms with Crippen LogP contribution in [0.5, 0.6) is 5.88 Å². The predicted octanol–water partition coefficient (Wildman–Crippen LogP) is 3.10. The van der Waals surface area contributed by atoms with E-state index in [0.29, 0.717) is 23.7 Å². The molecule has 0 unspecified atom stereocenters. The van der Waals surface area contributed by atoms with Crippen LogP contribution in [0.25, 0.3) is 5.82 Å². The summed E-state index contributed by atoms with van der Waals surface area (Å²) >= 11 is 0. The van der Waals surface area contributed by atoms with E-state index in [9.17, 15) is 4.79 Å². The van der Waals surface area contributed by atoms with Gasteiger partial charge in [0.2, 0.25) is 5.88 Å². The highest BCUT2D eigenvalue weighted by atomic mass is 16.5. The standard InChI is InChI=1S/C19H21N5O2/c1-5-16-15(19(25)21-14-7-6-12(2)13(3)10-14)11-20-24(16)17-8-9-18(26-4)23-22-17/h6-11H,5H2,1-4H3,(H,21,25). The van der Waals surface area contributed by atoms with Crippen LogP contribution in [0, 0.1) is 13.8 Å². The highest BCUT2D eigenvalue weighted by Gasteiger charge is 2.18. The molecule has 26 heavy (non-hydrogen) atoms. The number of anilines is 1. The molecular weight excluding hydrogens is 330 g/mol. The van der Waals surface area contributed by atoms with Crippen LogP contribution in [-0.4, -0.2) is 33.0 Å². The minimum Gasteiger partial charge on any atom is -0.480 e. The van der Waals surface area contributed by atoms with Crippen molar-refractivity contribution in [1.82, 2.24) is 20.0 Å². The Morgan fingerprint density at radius 2 is 1.96 bits per heavy atom. The maximum absolute atomic E-state index is 12.7. The number of nitrogens with zero attached hydrogens (tertiary/aromatic N) is 4. The number of amides is 1. The number of nitrogens with one attached hydrogen (secondary N) is 1. The van der Waals surface area contributed by atoms with Crippen LogP contribution in [0.3, 0.4) is 0 Å². The zero-order valence-corrected chi connectivity index (χ0v) is 15.3. The highest BCUT2D eigenvalue weighted by Crippen LogP contribution is 2.19. The minimum absolute atomic E-state index is 0.196. The quantitative estimate of drug-likeness (QED) is 0.764. The van der Waals surface area contributed by atoms with Crippen molar-refractivity contribution in [2.75, 3.05) is 12.4 Å². The molecule has 0 aliphatic rings. The third-order valence-corrected chi connectivity index (χ3v) is 4.27. The second kappa shape index (κ2) is 7.35. The number of aryl methyl sites for hydroxylation is 2. The summed E-state index contributed by atoms with van der Waals surface area (Å²) in [5, 5.41) is 15.3. The van der Waals surface area contributed by atoms with E-state index in [-0.39, 0.29) is 5.91 Å². The van der Waals surface area contributed by atoms with Crippen LogP contribution in [0.15, 0.2) is 36.5 Å². The van der Waals surface area contributed by atoms with Gasteiger partial charge in [0, 0.05) is 11.8 Å². The van der Waals surface area contributed by atoms with Gasteiger partial charge in [-0.2, -0.15) is 5.10 Å². The van der Waals surface area contributed by atoms with Gasteiger partial charge in [-0.3, -0.25) is 4.79 Å². The summed E-state index contributed by atoms with van der Waals surface area (Å²) in [6.45, 7) is 6.02. The fourth-order valence-electron chi connectivity index (χ4n) is 2.65. The van der Waals surface area contributed by atoms with E-state index >= 15 is 0 Å². The Balaban J connectivity index is 1.88. The lowest BCUT2D eigenvalue weighted by atomic mass is 10.1. The Morgan fingerprint density at radius 1 is 1.15 bits per heavy atom. The SMILES string of the molecule is CCc1c(C(=O)Nc2ccc(C)c(C)c2)cnn1-c1ccc(OC)nn1. The number of rotatable bonds is 5. The van der Waals surface area contributed by atoms with E-state index in [1.165, 1.54) is 12.7 Å². The monoisotopic (exact) mass is 351 g/mol. The van der Waals surface area contributed by atoms with Crippen LogP contribution >= 0.6 is 0 Å². The van der Waals surface area contributed by atoms with E-state index in [2.05, 4.69) is 20.6 Å². The molecule has 2 aromatic heterocycles. The number of carbonyl (C=O) groups is 1. The molecule has 0 atom stereocenters. The van der Waals surface area contributed by atoms with Gasteiger partial charge in [-0.1, -0.05) is 13.0 Å². The minimum atomic E-state index is -0.196. The molecule has 3 aromatic rings. The fraction of sp³-hybridized carbons (Fsp3) is 0.263. The first-order valence-electron chi connectivity index (χ1n) is 8.37. The average molecular weight is 351 g/mol. The van der Waals surface area contributed by atoms with Gasteiger partial charge in [0.1, 0.15) is 0 Å². The molecule has 0 bridgehead atoms. The maximum Gasteiger partial charge on any atom is 0.259 e. The summed E-state index contributed by atoms with van der Waals surface area (Å²) in [5.74, 6) is 0.761. The van der Waals surface area contributed by atoms with E-state index < -0.39 is 0 Å². The molecule has 1 aromatic carbocycles. The van der Waals surface area contributed by atoms with Gasteiger partial charge >= 0.3 is 0 Å². The van der Waals surface area contributed by atoms with E-state index in [1.807, 2.05) is 39.0 Å². The topological polar surface area (TPSA) is 81.9 Å². The second-order valence-corrected chi connectivity index (χ2v) is 5.96. The van der Waals surface area contributed by atoms with Crippen molar-refractivity contribution in [3.63, 3.8) is 0 Å². The van der Waals surface area contributed by atoms with Gasteiger partial charge in [0.05, 0.1) is 24.6 Å². The Bertz CT molecular complexity index is 932. The number of aromatic nitrogens is 4. The maximum atomic E-state index is 12.7. The molecule has 0 aliphatic carbocycles. The van der Waals surface area contributed by atoms with E-state index in [4.69, 9.17) is 4.74 Å². The molecule has 0 radical (unpaired) electrons. The lowest BCUT2D eigenvalue weighted by molar-refractivity contribution is 0.102. The number of hydrogen-bond acceptors (Lipinski definition) is 5. The van der Waals surface area contributed by atoms with Crippen LogP contribution < -0.4 is 10.1 Å². The molecule has 1 amide bonds. The highest BCUT2D eigenvalue weighted by molar-refractivity contribution is 6.05. The number of methoxy groups -OCH3 is 1. The third kappa shape index (κ3) is 3.42. The lowest BCUT2D eigenvalue weighted by Crippen LogP contribution is -2.15. The third-order valence-electron chi connectivity index (χ3n) is 4.27. The summed E-state index contributed by atoms with van der Waals surface area (Å²) in [7, 11) is 1.53. The molecule has 7 nitrogen and oxygen atoms in total. The van der Waals surface area contributed by atoms with Crippen LogP contribution in [0.1, 0.15) is 34.1 Å². The smallest absolute Gasteiger partial charge is 0.259 e. The molecule has 0 saturated heterocycles. The molecule has 2 heterocycles. The number of ether oxygens (including phenoxy) is 1. The molecule has 3 rings (SSSR count). The molecule has 0 fully saturated rings. The number of benzene rings is 1. The molecule has 1 N–H and O–H groups in total. The van der Waals surface area contributed by atoms with Crippen molar-refractivity contribution in [3.8, 4) is 11.7 Å². The summed E-state index contributed by atoms with van der Waals surface area (Å²) in [4.78, 5) is 12.7. The first-order valence-corrected chi connectivity index (χ1v) is 8.37. The zero-order valence-electron chi connectivity index (χ0n) is 15.3. The Hall–Kier alpha value is -3.22. The summed E-state index contributed by atoms with van der Waals surface area (Å²) in [5.41, 5.74) is 4.36. The molecule has 0 saturated carbocycles. The van der Waals surface area contributed by atoms with Crippen molar-refractivity contribution >= 4 is 11.6 Å². The van der Waals surface area contributed by atoms with Gasteiger partial charge in [-0.05, 0) is 49.6 Å². The largest absolute Gasteiger partial charge is 0.480 e. The van der Waals surface area contributed by atoms with Gasteiger partial charge in [0.25, 0.3) is 5.91 Å². The van der Waals surface area contributed by atoms with Crippen LogP contribution in [0.2, 0.25) is 0 Å². The molecule has 0 aliphatic heterocycles. The first kappa shape index (κ1) is 17.6. The second-order valence-electron chi connectivity index (χ2n) is 5.96. The Labute approximate surface area is 152 Å². The summed E-state index contributed by atoms with van der Waals surface area (Å²) in [6, 6.07) is 9.30. The summed E-state index contributed by atoms with van der Waals surface area (Å²) < 4.78 is 6.65. The van der Waals surface area contributed by atoms with Crippen molar-refractivity contribution in [1.29, 1.82) is 0 Å². The fourth-order valence-corrected chi connectivity index (χ4v) is 2.65. The van der Waals surface area contributed by atoms with Crippen molar-refractivity contribution in [3.05, 3.63) is 58.9 Å². The Kier molecular flexibility index (Phi) is 4.97. The lowest BCUT2D eigenvalue weighted by Gasteiger charge is -2.09. The van der Waals surface area contributed by atoms with Crippen LogP contribution in [-0.2, 0) is 6.42 Å².